The van der Waals surface area contributed by atoms with Gasteiger partial charge in [0, 0.05) is 24.6 Å². The fourth-order valence-corrected chi connectivity index (χ4v) is 3.86. The molecule has 0 unspecified atom stereocenters. The summed E-state index contributed by atoms with van der Waals surface area (Å²) in [5.74, 6) is 0.600. The van der Waals surface area contributed by atoms with E-state index in [1.165, 1.54) is 26.3 Å². The van der Waals surface area contributed by atoms with Crippen molar-refractivity contribution in [3.8, 4) is 0 Å². The van der Waals surface area contributed by atoms with Gasteiger partial charge in [-0.2, -0.15) is 0 Å². The molecule has 1 N–H and O–H groups in total. The molecule has 28 heavy (non-hydrogen) atoms. The van der Waals surface area contributed by atoms with Crippen LogP contribution in [0.15, 0.2) is 57.8 Å². The minimum atomic E-state index is -4.11. The summed E-state index contributed by atoms with van der Waals surface area (Å²) in [4.78, 5) is 15.0. The van der Waals surface area contributed by atoms with Crippen molar-refractivity contribution in [2.24, 2.45) is 0 Å². The first-order valence-electron chi connectivity index (χ1n) is 8.30. The highest BCUT2D eigenvalue weighted by molar-refractivity contribution is 7.89. The van der Waals surface area contributed by atoms with Gasteiger partial charge in [-0.25, -0.2) is 8.42 Å². The van der Waals surface area contributed by atoms with Gasteiger partial charge < -0.3 is 9.73 Å². The maximum absolute atomic E-state index is 12.7. The van der Waals surface area contributed by atoms with Crippen molar-refractivity contribution in [1.82, 2.24) is 4.47 Å². The Balaban J connectivity index is 2.01. The van der Waals surface area contributed by atoms with E-state index in [-0.39, 0.29) is 16.3 Å². The summed E-state index contributed by atoms with van der Waals surface area (Å²) < 4.78 is 31.9. The maximum Gasteiger partial charge on any atom is 0.270 e. The number of anilines is 1. The van der Waals surface area contributed by atoms with E-state index in [0.717, 1.165) is 11.5 Å². The van der Waals surface area contributed by atoms with E-state index in [4.69, 9.17) is 9.25 Å². The summed E-state index contributed by atoms with van der Waals surface area (Å²) in [6.45, 7) is 1.80. The van der Waals surface area contributed by atoms with E-state index < -0.39 is 21.0 Å². The third-order valence-electron chi connectivity index (χ3n) is 4.29. The van der Waals surface area contributed by atoms with Crippen LogP contribution in [0.5, 0.6) is 0 Å². The molecule has 0 fully saturated rings. The summed E-state index contributed by atoms with van der Waals surface area (Å²) in [5, 5.41) is 15.1. The molecule has 3 rings (SSSR count). The lowest BCUT2D eigenvalue weighted by atomic mass is 10.2. The SMILES string of the molecule is CON(C)S(=O)(=O)c1cc([N+](=O)[O-])ccc1N[C@H](C)c1cc2ccccc2o1. The number of hydroxylamine groups is 1. The largest absolute Gasteiger partial charge is 0.459 e. The molecule has 0 radical (unpaired) electrons. The molecule has 0 aliphatic carbocycles. The number of nitro groups is 1. The Bertz CT molecular complexity index is 1090. The highest BCUT2D eigenvalue weighted by Gasteiger charge is 2.28. The number of rotatable bonds is 7. The molecular formula is C18H19N3O6S. The fourth-order valence-electron chi connectivity index (χ4n) is 2.71. The van der Waals surface area contributed by atoms with Crippen LogP contribution in [0.4, 0.5) is 11.4 Å². The summed E-state index contributed by atoms with van der Waals surface area (Å²) >= 11 is 0. The number of furan rings is 1. The third kappa shape index (κ3) is 3.70. The van der Waals surface area contributed by atoms with Gasteiger partial charge in [0.2, 0.25) is 0 Å². The van der Waals surface area contributed by atoms with Crippen LogP contribution in [-0.4, -0.2) is 32.0 Å². The number of non-ortho nitro benzene ring substituents is 1. The molecule has 1 atom stereocenters. The molecule has 0 saturated heterocycles. The molecule has 3 aromatic rings. The van der Waals surface area contributed by atoms with Crippen molar-refractivity contribution in [3.63, 3.8) is 0 Å². The molecule has 0 aliphatic rings. The van der Waals surface area contributed by atoms with Crippen molar-refractivity contribution in [2.75, 3.05) is 19.5 Å². The molecule has 2 aromatic carbocycles. The minimum Gasteiger partial charge on any atom is -0.459 e. The van der Waals surface area contributed by atoms with Crippen LogP contribution in [0.2, 0.25) is 0 Å². The lowest BCUT2D eigenvalue weighted by molar-refractivity contribution is -0.385. The van der Waals surface area contributed by atoms with Crippen LogP contribution in [0.3, 0.4) is 0 Å². The van der Waals surface area contributed by atoms with Gasteiger partial charge in [-0.15, -0.1) is 0 Å². The zero-order valence-corrected chi connectivity index (χ0v) is 16.3. The molecule has 0 bridgehead atoms. The zero-order valence-electron chi connectivity index (χ0n) is 15.4. The molecule has 0 saturated carbocycles. The number of benzene rings is 2. The van der Waals surface area contributed by atoms with Gasteiger partial charge in [-0.05, 0) is 25.1 Å². The average Bonchev–Trinajstić information content (AvgIpc) is 3.11. The van der Waals surface area contributed by atoms with Crippen LogP contribution in [0, 0.1) is 10.1 Å². The van der Waals surface area contributed by atoms with E-state index in [9.17, 15) is 18.5 Å². The highest BCUT2D eigenvalue weighted by Crippen LogP contribution is 2.32. The van der Waals surface area contributed by atoms with Crippen LogP contribution in [-0.2, 0) is 14.9 Å². The smallest absolute Gasteiger partial charge is 0.270 e. The Hall–Kier alpha value is -2.95. The molecule has 1 aromatic heterocycles. The second kappa shape index (κ2) is 7.58. The van der Waals surface area contributed by atoms with Gasteiger partial charge in [-0.3, -0.25) is 15.0 Å². The quantitative estimate of drug-likeness (QED) is 0.471. The van der Waals surface area contributed by atoms with Gasteiger partial charge in [0.25, 0.3) is 15.7 Å². The fraction of sp³-hybridized carbons (Fsp3) is 0.222. The summed E-state index contributed by atoms with van der Waals surface area (Å²) in [6.07, 6.45) is 0. The van der Waals surface area contributed by atoms with Crippen LogP contribution in [0.1, 0.15) is 18.7 Å². The molecule has 9 nitrogen and oxygen atoms in total. The molecule has 0 spiro atoms. The lowest BCUT2D eigenvalue weighted by Gasteiger charge is -2.19. The topological polar surface area (TPSA) is 115 Å². The van der Waals surface area contributed by atoms with Crippen molar-refractivity contribution in [2.45, 2.75) is 17.9 Å². The molecule has 0 amide bonds. The van der Waals surface area contributed by atoms with Gasteiger partial charge in [0.15, 0.2) is 0 Å². The summed E-state index contributed by atoms with van der Waals surface area (Å²) in [5.41, 5.74) is 0.564. The molecule has 0 aliphatic heterocycles. The lowest BCUT2D eigenvalue weighted by Crippen LogP contribution is -2.27. The number of nitrogens with one attached hydrogen (secondary N) is 1. The Morgan fingerprint density at radius 1 is 1.21 bits per heavy atom. The van der Waals surface area contributed by atoms with Crippen LogP contribution < -0.4 is 5.32 Å². The van der Waals surface area contributed by atoms with Gasteiger partial charge in [0.1, 0.15) is 16.2 Å². The van der Waals surface area contributed by atoms with Gasteiger partial charge in [0.05, 0.1) is 23.8 Å². The summed E-state index contributed by atoms with van der Waals surface area (Å²) in [7, 11) is -1.71. The number of nitrogens with zero attached hydrogens (tertiary/aromatic N) is 2. The van der Waals surface area contributed by atoms with Crippen LogP contribution >= 0.6 is 0 Å². The predicted octanol–water partition coefficient (Wildman–Crippen LogP) is 3.70. The number of nitro benzene ring substituents is 1. The molecule has 1 heterocycles. The predicted molar refractivity (Wildman–Crippen MR) is 103 cm³/mol. The Labute approximate surface area is 161 Å². The van der Waals surface area contributed by atoms with E-state index in [0.29, 0.717) is 15.8 Å². The van der Waals surface area contributed by atoms with E-state index in [2.05, 4.69) is 5.32 Å². The van der Waals surface area contributed by atoms with E-state index >= 15 is 0 Å². The number of hydrogen-bond acceptors (Lipinski definition) is 7. The Kier molecular flexibility index (Phi) is 5.36. The maximum atomic E-state index is 12.7. The van der Waals surface area contributed by atoms with E-state index in [1.54, 1.807) is 6.92 Å². The minimum absolute atomic E-state index is 0.197. The number of hydrogen-bond donors (Lipinski definition) is 1. The first kappa shape index (κ1) is 19.8. The van der Waals surface area contributed by atoms with Crippen molar-refractivity contribution >= 4 is 32.4 Å². The van der Waals surface area contributed by atoms with Gasteiger partial charge >= 0.3 is 0 Å². The first-order valence-corrected chi connectivity index (χ1v) is 9.74. The molecule has 148 valence electrons. The number of para-hydroxylation sites is 1. The van der Waals surface area contributed by atoms with Crippen molar-refractivity contribution in [1.29, 1.82) is 0 Å². The van der Waals surface area contributed by atoms with Crippen molar-refractivity contribution < 1.29 is 22.6 Å². The van der Waals surface area contributed by atoms with Crippen LogP contribution in [0.25, 0.3) is 11.0 Å². The Morgan fingerprint density at radius 3 is 2.57 bits per heavy atom. The highest BCUT2D eigenvalue weighted by atomic mass is 32.2. The second-order valence-corrected chi connectivity index (χ2v) is 7.99. The Morgan fingerprint density at radius 2 is 1.93 bits per heavy atom. The molecular weight excluding hydrogens is 386 g/mol. The van der Waals surface area contributed by atoms with Crippen molar-refractivity contribution in [3.05, 3.63) is 64.4 Å². The monoisotopic (exact) mass is 405 g/mol. The zero-order chi connectivity index (χ0) is 20.5. The summed E-state index contributed by atoms with van der Waals surface area (Å²) in [6, 6.07) is 12.5. The standard InChI is InChI=1S/C18H19N3O6S/c1-12(17-10-13-6-4-5-7-16(13)27-17)19-15-9-8-14(21(22)23)11-18(15)28(24,25)20(2)26-3/h4-12,19H,1-3H3/t12-/m1/s1. The third-order valence-corrected chi connectivity index (χ3v) is 6.01. The second-order valence-electron chi connectivity index (χ2n) is 6.09. The number of sulfonamides is 1. The molecule has 10 heteroatoms. The van der Waals surface area contributed by atoms with Gasteiger partial charge in [-0.1, -0.05) is 22.7 Å². The first-order chi connectivity index (χ1) is 13.2. The average molecular weight is 405 g/mol. The normalized spacial score (nSPS) is 13.0. The van der Waals surface area contributed by atoms with E-state index in [1.807, 2.05) is 30.3 Å². The number of fused-ring (bicyclic) bond motifs is 1.